The number of anilines is 3. The van der Waals surface area contributed by atoms with Crippen LogP contribution < -0.4 is 14.4 Å². The number of aryl methyl sites for hydroxylation is 1. The second kappa shape index (κ2) is 7.09. The summed E-state index contributed by atoms with van der Waals surface area (Å²) in [5.41, 5.74) is 4.49. The minimum Gasteiger partial charge on any atom is -0.497 e. The molecule has 0 bridgehead atoms. The van der Waals surface area contributed by atoms with Crippen molar-refractivity contribution in [1.29, 1.82) is 0 Å². The van der Waals surface area contributed by atoms with Crippen LogP contribution >= 0.6 is 0 Å². The Balaban J connectivity index is 2.08. The Morgan fingerprint density at radius 3 is 1.54 bits per heavy atom. The van der Waals surface area contributed by atoms with Crippen molar-refractivity contribution in [3.8, 4) is 11.5 Å². The Labute approximate surface area is 143 Å². The van der Waals surface area contributed by atoms with E-state index in [0.29, 0.717) is 0 Å². The molecule has 0 spiro atoms. The van der Waals surface area contributed by atoms with Gasteiger partial charge in [-0.1, -0.05) is 12.1 Å². The van der Waals surface area contributed by atoms with Crippen molar-refractivity contribution in [2.24, 2.45) is 0 Å². The van der Waals surface area contributed by atoms with Gasteiger partial charge >= 0.3 is 0 Å². The molecule has 3 aromatic carbocycles. The third-order valence-electron chi connectivity index (χ3n) is 3.92. The molecule has 3 heteroatoms. The van der Waals surface area contributed by atoms with Crippen molar-refractivity contribution in [1.82, 2.24) is 0 Å². The fraction of sp³-hybridized carbons (Fsp3) is 0.143. The molecule has 3 aromatic rings. The summed E-state index contributed by atoms with van der Waals surface area (Å²) >= 11 is 0. The number of ether oxygens (including phenoxy) is 2. The number of rotatable bonds is 5. The van der Waals surface area contributed by atoms with Crippen LogP contribution in [0, 0.1) is 6.92 Å². The standard InChI is InChI=1S/C21H21NO2/c1-16-5-4-6-19(15-16)22(17-7-11-20(23-2)12-8-17)18-9-13-21(24-3)14-10-18/h4-15H,1-3H3. The highest BCUT2D eigenvalue weighted by molar-refractivity contribution is 5.77. The van der Waals surface area contributed by atoms with Gasteiger partial charge in [0.1, 0.15) is 11.5 Å². The molecule has 24 heavy (non-hydrogen) atoms. The highest BCUT2D eigenvalue weighted by Gasteiger charge is 2.12. The molecule has 0 saturated heterocycles. The van der Waals surface area contributed by atoms with Gasteiger partial charge in [0, 0.05) is 17.1 Å². The van der Waals surface area contributed by atoms with Crippen LogP contribution in [-0.4, -0.2) is 14.2 Å². The fourth-order valence-electron chi connectivity index (χ4n) is 2.68. The van der Waals surface area contributed by atoms with Gasteiger partial charge in [0.15, 0.2) is 0 Å². The minimum absolute atomic E-state index is 0.845. The SMILES string of the molecule is COc1ccc(N(c2ccc(OC)cc2)c2cccc(C)c2)cc1. The lowest BCUT2D eigenvalue weighted by Crippen LogP contribution is -2.10. The van der Waals surface area contributed by atoms with Crippen molar-refractivity contribution in [2.45, 2.75) is 6.92 Å². The molecule has 0 N–H and O–H groups in total. The zero-order valence-electron chi connectivity index (χ0n) is 14.2. The molecule has 0 aromatic heterocycles. The molecule has 0 atom stereocenters. The predicted molar refractivity (Wildman–Crippen MR) is 99.0 cm³/mol. The summed E-state index contributed by atoms with van der Waals surface area (Å²) in [6, 6.07) is 24.6. The van der Waals surface area contributed by atoms with Crippen LogP contribution in [0.3, 0.4) is 0 Å². The molecule has 0 aliphatic rings. The molecule has 0 aliphatic carbocycles. The van der Waals surface area contributed by atoms with Crippen LogP contribution in [0.1, 0.15) is 5.56 Å². The van der Waals surface area contributed by atoms with Gasteiger partial charge < -0.3 is 14.4 Å². The van der Waals surface area contributed by atoms with E-state index in [4.69, 9.17) is 9.47 Å². The zero-order chi connectivity index (χ0) is 16.9. The van der Waals surface area contributed by atoms with Crippen LogP contribution in [-0.2, 0) is 0 Å². The first kappa shape index (κ1) is 15.9. The van der Waals surface area contributed by atoms with Gasteiger partial charge in [-0.25, -0.2) is 0 Å². The van der Waals surface area contributed by atoms with E-state index in [9.17, 15) is 0 Å². The van der Waals surface area contributed by atoms with E-state index in [2.05, 4.69) is 60.4 Å². The second-order valence-electron chi connectivity index (χ2n) is 5.57. The van der Waals surface area contributed by atoms with Crippen molar-refractivity contribution in [2.75, 3.05) is 19.1 Å². The van der Waals surface area contributed by atoms with Gasteiger partial charge in [0.25, 0.3) is 0 Å². The maximum Gasteiger partial charge on any atom is 0.119 e. The van der Waals surface area contributed by atoms with Crippen molar-refractivity contribution in [3.63, 3.8) is 0 Å². The maximum atomic E-state index is 5.27. The van der Waals surface area contributed by atoms with Gasteiger partial charge in [-0.15, -0.1) is 0 Å². The number of methoxy groups -OCH3 is 2. The quantitative estimate of drug-likeness (QED) is 0.621. The van der Waals surface area contributed by atoms with Crippen LogP contribution in [0.2, 0.25) is 0 Å². The third-order valence-corrected chi connectivity index (χ3v) is 3.92. The molecule has 0 unspecified atom stereocenters. The lowest BCUT2D eigenvalue weighted by atomic mass is 10.1. The predicted octanol–water partition coefficient (Wildman–Crippen LogP) is 5.48. The summed E-state index contributed by atoms with van der Waals surface area (Å²) in [6.45, 7) is 2.10. The van der Waals surface area contributed by atoms with Crippen LogP contribution in [0.25, 0.3) is 0 Å². The molecule has 122 valence electrons. The van der Waals surface area contributed by atoms with E-state index < -0.39 is 0 Å². The summed E-state index contributed by atoms with van der Waals surface area (Å²) in [7, 11) is 3.35. The molecule has 0 fully saturated rings. The highest BCUT2D eigenvalue weighted by Crippen LogP contribution is 2.36. The molecule has 0 aliphatic heterocycles. The van der Waals surface area contributed by atoms with Gasteiger partial charge in [0.05, 0.1) is 14.2 Å². The van der Waals surface area contributed by atoms with E-state index in [1.54, 1.807) is 14.2 Å². The number of benzene rings is 3. The molecular formula is C21H21NO2. The van der Waals surface area contributed by atoms with E-state index in [0.717, 1.165) is 28.6 Å². The Morgan fingerprint density at radius 2 is 1.12 bits per heavy atom. The Morgan fingerprint density at radius 1 is 0.625 bits per heavy atom. The average Bonchev–Trinajstić information content (AvgIpc) is 2.63. The summed E-state index contributed by atoms with van der Waals surface area (Å²) in [5, 5.41) is 0. The Kier molecular flexibility index (Phi) is 4.71. The van der Waals surface area contributed by atoms with Gasteiger partial charge in [0.2, 0.25) is 0 Å². The lowest BCUT2D eigenvalue weighted by molar-refractivity contribution is 0.415. The first-order valence-electron chi connectivity index (χ1n) is 7.86. The van der Waals surface area contributed by atoms with Gasteiger partial charge in [-0.05, 0) is 73.2 Å². The van der Waals surface area contributed by atoms with E-state index in [-0.39, 0.29) is 0 Å². The monoisotopic (exact) mass is 319 g/mol. The molecule has 0 saturated carbocycles. The smallest absolute Gasteiger partial charge is 0.119 e. The second-order valence-corrected chi connectivity index (χ2v) is 5.57. The van der Waals surface area contributed by atoms with Crippen molar-refractivity contribution >= 4 is 17.1 Å². The molecule has 0 heterocycles. The van der Waals surface area contributed by atoms with Gasteiger partial charge in [-0.3, -0.25) is 0 Å². The molecule has 0 radical (unpaired) electrons. The van der Waals surface area contributed by atoms with Gasteiger partial charge in [-0.2, -0.15) is 0 Å². The Hall–Kier alpha value is -2.94. The molecule has 3 rings (SSSR count). The van der Waals surface area contributed by atoms with E-state index in [1.807, 2.05) is 24.3 Å². The fourth-order valence-corrected chi connectivity index (χ4v) is 2.68. The van der Waals surface area contributed by atoms with E-state index >= 15 is 0 Å². The molecular weight excluding hydrogens is 298 g/mol. The number of hydrogen-bond acceptors (Lipinski definition) is 3. The summed E-state index contributed by atoms with van der Waals surface area (Å²) < 4.78 is 10.5. The van der Waals surface area contributed by atoms with E-state index in [1.165, 1.54) is 5.56 Å². The van der Waals surface area contributed by atoms with Crippen LogP contribution in [0.5, 0.6) is 11.5 Å². The zero-order valence-corrected chi connectivity index (χ0v) is 14.2. The lowest BCUT2D eigenvalue weighted by Gasteiger charge is -2.26. The first-order chi connectivity index (χ1) is 11.7. The summed E-state index contributed by atoms with van der Waals surface area (Å²) in [4.78, 5) is 2.21. The summed E-state index contributed by atoms with van der Waals surface area (Å²) in [5.74, 6) is 1.69. The third kappa shape index (κ3) is 3.35. The van der Waals surface area contributed by atoms with Crippen LogP contribution in [0.15, 0.2) is 72.8 Å². The molecule has 0 amide bonds. The number of nitrogens with zero attached hydrogens (tertiary/aromatic N) is 1. The minimum atomic E-state index is 0.845. The maximum absolute atomic E-state index is 5.27. The Bertz CT molecular complexity index is 747. The normalized spacial score (nSPS) is 10.3. The topological polar surface area (TPSA) is 21.7 Å². The van der Waals surface area contributed by atoms with Crippen LogP contribution in [0.4, 0.5) is 17.1 Å². The first-order valence-corrected chi connectivity index (χ1v) is 7.86. The summed E-state index contributed by atoms with van der Waals surface area (Å²) in [6.07, 6.45) is 0. The average molecular weight is 319 g/mol. The molecule has 3 nitrogen and oxygen atoms in total. The van der Waals surface area contributed by atoms with Crippen molar-refractivity contribution in [3.05, 3.63) is 78.4 Å². The number of hydrogen-bond donors (Lipinski definition) is 0. The largest absolute Gasteiger partial charge is 0.497 e. The van der Waals surface area contributed by atoms with Crippen molar-refractivity contribution < 1.29 is 9.47 Å². The highest BCUT2D eigenvalue weighted by atomic mass is 16.5.